The number of anilines is 2. The first-order valence-electron chi connectivity index (χ1n) is 6.36. The number of hydrogen-bond donors (Lipinski definition) is 3. The van der Waals surface area contributed by atoms with Crippen LogP contribution in [0.1, 0.15) is 16.7 Å². The number of nitrogens with two attached hydrogens (primary N) is 1. The SMILES string of the molecule is Cc1cncc(NS(=O)(=O)c2c(C)cc(NN)cc2C)c1. The van der Waals surface area contributed by atoms with Crippen LogP contribution in [0, 0.1) is 20.8 Å². The van der Waals surface area contributed by atoms with Crippen LogP contribution in [0.2, 0.25) is 0 Å². The molecule has 0 bridgehead atoms. The quantitative estimate of drug-likeness (QED) is 0.593. The van der Waals surface area contributed by atoms with Gasteiger partial charge in [-0.2, -0.15) is 0 Å². The Morgan fingerprint density at radius 3 is 2.14 bits per heavy atom. The van der Waals surface area contributed by atoms with E-state index in [0.717, 1.165) is 5.56 Å². The Morgan fingerprint density at radius 1 is 1.00 bits per heavy atom. The highest BCUT2D eigenvalue weighted by atomic mass is 32.2. The summed E-state index contributed by atoms with van der Waals surface area (Å²) in [5.41, 5.74) is 5.75. The van der Waals surface area contributed by atoms with Crippen molar-refractivity contribution >= 4 is 21.4 Å². The summed E-state index contributed by atoms with van der Waals surface area (Å²) in [6, 6.07) is 5.11. The zero-order valence-corrected chi connectivity index (χ0v) is 13.0. The van der Waals surface area contributed by atoms with E-state index < -0.39 is 10.0 Å². The van der Waals surface area contributed by atoms with Gasteiger partial charge in [-0.1, -0.05) is 0 Å². The number of aryl methyl sites for hydroxylation is 3. The highest BCUT2D eigenvalue weighted by Crippen LogP contribution is 2.26. The normalized spacial score (nSPS) is 11.2. The first kappa shape index (κ1) is 15.3. The number of pyridine rings is 1. The van der Waals surface area contributed by atoms with E-state index >= 15 is 0 Å². The molecule has 0 spiro atoms. The minimum atomic E-state index is -3.68. The summed E-state index contributed by atoms with van der Waals surface area (Å²) in [6.45, 7) is 5.32. The summed E-state index contributed by atoms with van der Waals surface area (Å²) in [6.07, 6.45) is 3.14. The molecule has 0 fully saturated rings. The minimum Gasteiger partial charge on any atom is -0.324 e. The molecule has 6 nitrogen and oxygen atoms in total. The van der Waals surface area contributed by atoms with Gasteiger partial charge in [-0.25, -0.2) is 8.42 Å². The van der Waals surface area contributed by atoms with Crippen molar-refractivity contribution in [3.63, 3.8) is 0 Å². The zero-order chi connectivity index (χ0) is 15.6. The fourth-order valence-electron chi connectivity index (χ4n) is 2.27. The molecular weight excluding hydrogens is 288 g/mol. The van der Waals surface area contributed by atoms with E-state index in [1.807, 2.05) is 6.92 Å². The maximum absolute atomic E-state index is 12.6. The fraction of sp³-hybridized carbons (Fsp3) is 0.214. The van der Waals surface area contributed by atoms with Crippen molar-refractivity contribution in [3.8, 4) is 0 Å². The molecule has 0 amide bonds. The van der Waals surface area contributed by atoms with E-state index in [-0.39, 0.29) is 4.90 Å². The third kappa shape index (κ3) is 3.32. The molecule has 7 heteroatoms. The van der Waals surface area contributed by atoms with Gasteiger partial charge in [0.25, 0.3) is 10.0 Å². The molecule has 0 atom stereocenters. The van der Waals surface area contributed by atoms with Crippen LogP contribution in [0.25, 0.3) is 0 Å². The van der Waals surface area contributed by atoms with Gasteiger partial charge >= 0.3 is 0 Å². The lowest BCUT2D eigenvalue weighted by Crippen LogP contribution is -2.17. The Hall–Kier alpha value is -2.12. The lowest BCUT2D eigenvalue weighted by molar-refractivity contribution is 0.600. The maximum atomic E-state index is 12.6. The summed E-state index contributed by atoms with van der Waals surface area (Å²) in [5, 5.41) is 0. The standard InChI is InChI=1S/C14H18N4O2S/c1-9-4-13(8-16-7-9)18-21(19,20)14-10(2)5-12(17-15)6-11(14)3/h4-8,17-18H,15H2,1-3H3. The maximum Gasteiger partial charge on any atom is 0.262 e. The van der Waals surface area contributed by atoms with Gasteiger partial charge in [0.05, 0.1) is 16.8 Å². The Labute approximate surface area is 124 Å². The van der Waals surface area contributed by atoms with Crippen molar-refractivity contribution < 1.29 is 8.42 Å². The molecule has 0 saturated heterocycles. The molecule has 21 heavy (non-hydrogen) atoms. The molecule has 0 aliphatic rings. The third-order valence-corrected chi connectivity index (χ3v) is 4.71. The molecule has 0 radical (unpaired) electrons. The van der Waals surface area contributed by atoms with Crippen LogP contribution in [0.15, 0.2) is 35.5 Å². The van der Waals surface area contributed by atoms with Gasteiger partial charge in [0, 0.05) is 11.9 Å². The van der Waals surface area contributed by atoms with Gasteiger partial charge in [0.15, 0.2) is 0 Å². The predicted molar refractivity (Wildman–Crippen MR) is 83.5 cm³/mol. The summed E-state index contributed by atoms with van der Waals surface area (Å²) in [7, 11) is -3.68. The molecule has 2 rings (SSSR count). The summed E-state index contributed by atoms with van der Waals surface area (Å²) < 4.78 is 27.7. The third-order valence-electron chi connectivity index (χ3n) is 3.02. The van der Waals surface area contributed by atoms with Gasteiger partial charge in [-0.15, -0.1) is 0 Å². The Balaban J connectivity index is 2.45. The van der Waals surface area contributed by atoms with E-state index in [0.29, 0.717) is 22.5 Å². The Morgan fingerprint density at radius 2 is 1.62 bits per heavy atom. The van der Waals surface area contributed by atoms with Gasteiger partial charge in [-0.05, 0) is 55.7 Å². The summed E-state index contributed by atoms with van der Waals surface area (Å²) >= 11 is 0. The van der Waals surface area contributed by atoms with Crippen LogP contribution in [0.3, 0.4) is 0 Å². The average molecular weight is 306 g/mol. The number of nitrogens with zero attached hydrogens (tertiary/aromatic N) is 1. The van der Waals surface area contributed by atoms with Crippen molar-refractivity contribution in [2.45, 2.75) is 25.7 Å². The zero-order valence-electron chi connectivity index (χ0n) is 12.1. The molecule has 2 aromatic rings. The van der Waals surface area contributed by atoms with Crippen LogP contribution in [-0.4, -0.2) is 13.4 Å². The van der Waals surface area contributed by atoms with Crippen molar-refractivity contribution in [1.29, 1.82) is 0 Å². The number of hydrazine groups is 1. The van der Waals surface area contributed by atoms with Crippen LogP contribution >= 0.6 is 0 Å². The van der Waals surface area contributed by atoms with Crippen LogP contribution in [-0.2, 0) is 10.0 Å². The van der Waals surface area contributed by atoms with Gasteiger partial charge in [0.1, 0.15) is 0 Å². The van der Waals surface area contributed by atoms with E-state index in [2.05, 4.69) is 15.1 Å². The topological polar surface area (TPSA) is 97.1 Å². The molecule has 0 aliphatic carbocycles. The van der Waals surface area contributed by atoms with E-state index in [1.54, 1.807) is 38.2 Å². The number of benzene rings is 1. The van der Waals surface area contributed by atoms with Crippen molar-refractivity contribution in [1.82, 2.24) is 4.98 Å². The van der Waals surface area contributed by atoms with Crippen LogP contribution in [0.5, 0.6) is 0 Å². The number of nitrogens with one attached hydrogen (secondary N) is 2. The molecule has 4 N–H and O–H groups in total. The van der Waals surface area contributed by atoms with Crippen molar-refractivity contribution in [2.24, 2.45) is 5.84 Å². The minimum absolute atomic E-state index is 0.253. The number of sulfonamides is 1. The Bertz CT molecular complexity index is 749. The second kappa shape index (κ2) is 5.71. The lowest BCUT2D eigenvalue weighted by atomic mass is 10.1. The number of nitrogen functional groups attached to an aromatic ring is 1. The summed E-state index contributed by atoms with van der Waals surface area (Å²) in [4.78, 5) is 4.23. The molecule has 0 saturated carbocycles. The largest absolute Gasteiger partial charge is 0.324 e. The molecule has 1 aromatic heterocycles. The molecule has 0 unspecified atom stereocenters. The fourth-order valence-corrected chi connectivity index (χ4v) is 3.76. The number of hydrogen-bond acceptors (Lipinski definition) is 5. The predicted octanol–water partition coefficient (Wildman–Crippen LogP) is 2.09. The number of aromatic nitrogens is 1. The van der Waals surface area contributed by atoms with E-state index in [9.17, 15) is 8.42 Å². The van der Waals surface area contributed by atoms with Crippen LogP contribution < -0.4 is 16.0 Å². The highest BCUT2D eigenvalue weighted by molar-refractivity contribution is 7.92. The van der Waals surface area contributed by atoms with Gasteiger partial charge in [-0.3, -0.25) is 15.5 Å². The lowest BCUT2D eigenvalue weighted by Gasteiger charge is -2.14. The van der Waals surface area contributed by atoms with Crippen molar-refractivity contribution in [2.75, 3.05) is 10.1 Å². The highest BCUT2D eigenvalue weighted by Gasteiger charge is 2.20. The molecule has 1 aromatic carbocycles. The average Bonchev–Trinajstić information content (AvgIpc) is 2.36. The van der Waals surface area contributed by atoms with Crippen LogP contribution in [0.4, 0.5) is 11.4 Å². The second-order valence-corrected chi connectivity index (χ2v) is 6.56. The smallest absolute Gasteiger partial charge is 0.262 e. The van der Waals surface area contributed by atoms with E-state index in [1.165, 1.54) is 6.20 Å². The monoisotopic (exact) mass is 306 g/mol. The number of rotatable bonds is 4. The molecule has 1 heterocycles. The second-order valence-electron chi connectivity index (χ2n) is 4.94. The van der Waals surface area contributed by atoms with Crippen molar-refractivity contribution in [3.05, 3.63) is 47.3 Å². The first-order valence-corrected chi connectivity index (χ1v) is 7.84. The molecular formula is C14H18N4O2S. The first-order chi connectivity index (χ1) is 9.83. The van der Waals surface area contributed by atoms with E-state index in [4.69, 9.17) is 5.84 Å². The molecule has 112 valence electrons. The molecule has 0 aliphatic heterocycles. The van der Waals surface area contributed by atoms with Gasteiger partial charge < -0.3 is 5.43 Å². The Kier molecular flexibility index (Phi) is 4.15. The summed E-state index contributed by atoms with van der Waals surface area (Å²) in [5.74, 6) is 5.36. The van der Waals surface area contributed by atoms with Gasteiger partial charge in [0.2, 0.25) is 0 Å².